The first-order valence-electron chi connectivity index (χ1n) is 8.39. The minimum Gasteiger partial charge on any atom is -0.406 e. The molecule has 0 unspecified atom stereocenters. The van der Waals surface area contributed by atoms with Gasteiger partial charge in [0.1, 0.15) is 23.5 Å². The second-order valence-corrected chi connectivity index (χ2v) is 6.07. The molecular weight excluding hydrogens is 394 g/mol. The van der Waals surface area contributed by atoms with Crippen molar-refractivity contribution in [3.8, 4) is 22.6 Å². The first-order valence-corrected chi connectivity index (χ1v) is 8.39. The number of hydrogen-bond acceptors (Lipinski definition) is 4. The van der Waals surface area contributed by atoms with E-state index in [1.54, 1.807) is 6.20 Å². The third kappa shape index (κ3) is 3.58. The second kappa shape index (κ2) is 7.08. The number of aryl methyl sites for hydroxylation is 1. The molecular formula is C18H13F4N5O2. The zero-order chi connectivity index (χ0) is 20.6. The van der Waals surface area contributed by atoms with Crippen molar-refractivity contribution in [2.45, 2.75) is 12.9 Å². The number of halogens is 4. The van der Waals surface area contributed by atoms with E-state index in [1.807, 2.05) is 0 Å². The second-order valence-electron chi connectivity index (χ2n) is 6.07. The molecule has 4 aromatic rings. The van der Waals surface area contributed by atoms with Gasteiger partial charge in [-0.15, -0.1) is 13.2 Å². The van der Waals surface area contributed by atoms with Crippen LogP contribution in [0.25, 0.3) is 27.8 Å². The number of imidazole rings is 1. The summed E-state index contributed by atoms with van der Waals surface area (Å²) in [7, 11) is 0. The van der Waals surface area contributed by atoms with Crippen molar-refractivity contribution in [3.05, 3.63) is 59.5 Å². The van der Waals surface area contributed by atoms with E-state index in [2.05, 4.69) is 19.9 Å². The maximum Gasteiger partial charge on any atom is 0.573 e. The summed E-state index contributed by atoms with van der Waals surface area (Å²) in [6.45, 7) is -0.747. The lowest BCUT2D eigenvalue weighted by Crippen LogP contribution is -2.21. The lowest BCUT2D eigenvalue weighted by molar-refractivity contribution is -0.274. The Kier molecular flexibility index (Phi) is 4.57. The molecule has 4 rings (SSSR count). The Balaban J connectivity index is 1.89. The Morgan fingerprint density at radius 3 is 2.55 bits per heavy atom. The zero-order valence-electron chi connectivity index (χ0n) is 14.7. The Labute approximate surface area is 160 Å². The minimum absolute atomic E-state index is 0.0566. The average molecular weight is 407 g/mol. The summed E-state index contributed by atoms with van der Waals surface area (Å²) in [4.78, 5) is 17.3. The number of ether oxygens (including phenoxy) is 1. The molecule has 1 N–H and O–H groups in total. The SMILES string of the molecule is O=c1c2c(ncn2CCF)c(-c2cn[nH]c2)cn1-c1ccc(OC(F)(F)F)cc1. The number of hydrogen-bond donors (Lipinski definition) is 1. The summed E-state index contributed by atoms with van der Waals surface area (Å²) in [5.41, 5.74) is 1.58. The van der Waals surface area contributed by atoms with Crippen LogP contribution in [0.3, 0.4) is 0 Å². The maximum atomic E-state index is 13.1. The molecule has 7 nitrogen and oxygen atoms in total. The van der Waals surface area contributed by atoms with Crippen LogP contribution in [0.4, 0.5) is 17.6 Å². The summed E-state index contributed by atoms with van der Waals surface area (Å²) < 4.78 is 56.5. The van der Waals surface area contributed by atoms with E-state index in [-0.39, 0.29) is 12.1 Å². The Bertz CT molecular complexity index is 1190. The van der Waals surface area contributed by atoms with Gasteiger partial charge in [0.05, 0.1) is 19.1 Å². The molecule has 0 atom stereocenters. The topological polar surface area (TPSA) is 77.7 Å². The van der Waals surface area contributed by atoms with Gasteiger partial charge >= 0.3 is 6.36 Å². The summed E-state index contributed by atoms with van der Waals surface area (Å²) >= 11 is 0. The fourth-order valence-electron chi connectivity index (χ4n) is 3.04. The predicted octanol–water partition coefficient (Wildman–Crippen LogP) is 3.45. The van der Waals surface area contributed by atoms with Crippen molar-refractivity contribution in [1.82, 2.24) is 24.3 Å². The fourth-order valence-corrected chi connectivity index (χ4v) is 3.04. The zero-order valence-corrected chi connectivity index (χ0v) is 14.7. The first-order chi connectivity index (χ1) is 13.9. The first kappa shape index (κ1) is 18.7. The lowest BCUT2D eigenvalue weighted by Gasteiger charge is -2.12. The van der Waals surface area contributed by atoms with E-state index in [9.17, 15) is 22.4 Å². The largest absolute Gasteiger partial charge is 0.573 e. The molecule has 0 radical (unpaired) electrons. The number of nitrogens with zero attached hydrogens (tertiary/aromatic N) is 4. The molecule has 3 heterocycles. The van der Waals surface area contributed by atoms with Gasteiger partial charge in [-0.3, -0.25) is 14.5 Å². The summed E-state index contributed by atoms with van der Waals surface area (Å²) in [6.07, 6.45) is 1.22. The molecule has 11 heteroatoms. The minimum atomic E-state index is -4.81. The Morgan fingerprint density at radius 1 is 1.17 bits per heavy atom. The number of rotatable bonds is 5. The van der Waals surface area contributed by atoms with E-state index in [4.69, 9.17) is 0 Å². The number of nitrogens with one attached hydrogen (secondary N) is 1. The fraction of sp³-hybridized carbons (Fsp3) is 0.167. The Hall–Kier alpha value is -3.63. The number of benzene rings is 1. The summed E-state index contributed by atoms with van der Waals surface area (Å²) in [6, 6.07) is 4.86. The van der Waals surface area contributed by atoms with E-state index in [0.29, 0.717) is 22.3 Å². The van der Waals surface area contributed by atoms with E-state index >= 15 is 0 Å². The standard InChI is InChI=1S/C18H13F4N5O2/c19-5-6-26-10-23-15-14(11-7-24-25-8-11)9-27(17(28)16(15)26)12-1-3-13(4-2-12)29-18(20,21)22/h1-4,7-10H,5-6H2,(H,24,25). The highest BCUT2D eigenvalue weighted by Gasteiger charge is 2.31. The summed E-state index contributed by atoms with van der Waals surface area (Å²) in [5.74, 6) is -0.409. The average Bonchev–Trinajstić information content (AvgIpc) is 3.33. The van der Waals surface area contributed by atoms with E-state index < -0.39 is 24.3 Å². The molecule has 0 fully saturated rings. The van der Waals surface area contributed by atoms with Crippen LogP contribution in [-0.4, -0.2) is 37.4 Å². The van der Waals surface area contributed by atoms with Crippen molar-refractivity contribution in [3.63, 3.8) is 0 Å². The van der Waals surface area contributed by atoms with Crippen LogP contribution in [0.1, 0.15) is 0 Å². The van der Waals surface area contributed by atoms with Crippen molar-refractivity contribution in [1.29, 1.82) is 0 Å². The van der Waals surface area contributed by atoms with Crippen molar-refractivity contribution >= 4 is 11.0 Å². The van der Waals surface area contributed by atoms with Gasteiger partial charge < -0.3 is 9.30 Å². The van der Waals surface area contributed by atoms with Crippen LogP contribution >= 0.6 is 0 Å². The third-order valence-corrected chi connectivity index (χ3v) is 4.26. The van der Waals surface area contributed by atoms with Crippen LogP contribution in [0, 0.1) is 0 Å². The van der Waals surface area contributed by atoms with Crippen LogP contribution in [-0.2, 0) is 6.54 Å². The lowest BCUT2D eigenvalue weighted by atomic mass is 10.1. The highest BCUT2D eigenvalue weighted by Crippen LogP contribution is 2.27. The Morgan fingerprint density at radius 2 is 1.93 bits per heavy atom. The monoisotopic (exact) mass is 407 g/mol. The summed E-state index contributed by atoms with van der Waals surface area (Å²) in [5, 5.41) is 6.56. The number of aromatic nitrogens is 5. The number of pyridine rings is 1. The highest BCUT2D eigenvalue weighted by molar-refractivity contribution is 5.91. The molecule has 3 aromatic heterocycles. The quantitative estimate of drug-likeness (QED) is 0.514. The van der Waals surface area contributed by atoms with Gasteiger partial charge in [-0.1, -0.05) is 0 Å². The van der Waals surface area contributed by atoms with Gasteiger partial charge in [0.25, 0.3) is 5.56 Å². The number of H-pyrrole nitrogens is 1. The number of alkyl halides is 4. The van der Waals surface area contributed by atoms with Crippen molar-refractivity contribution in [2.24, 2.45) is 0 Å². The number of fused-ring (bicyclic) bond motifs is 1. The van der Waals surface area contributed by atoms with E-state index in [0.717, 1.165) is 12.1 Å². The van der Waals surface area contributed by atoms with Gasteiger partial charge in [0, 0.05) is 29.2 Å². The maximum absolute atomic E-state index is 13.1. The molecule has 0 saturated carbocycles. The molecule has 0 bridgehead atoms. The van der Waals surface area contributed by atoms with Gasteiger partial charge in [-0.25, -0.2) is 9.37 Å². The van der Waals surface area contributed by atoms with E-state index in [1.165, 1.54) is 40.0 Å². The molecule has 29 heavy (non-hydrogen) atoms. The molecule has 0 spiro atoms. The normalized spacial score (nSPS) is 11.9. The van der Waals surface area contributed by atoms with Crippen molar-refractivity contribution in [2.75, 3.05) is 6.67 Å². The predicted molar refractivity (Wildman–Crippen MR) is 95.6 cm³/mol. The molecule has 0 amide bonds. The molecule has 1 aromatic carbocycles. The molecule has 0 aliphatic heterocycles. The molecule has 0 aliphatic carbocycles. The molecule has 0 saturated heterocycles. The van der Waals surface area contributed by atoms with Crippen LogP contribution in [0.15, 0.2) is 54.0 Å². The number of aromatic amines is 1. The van der Waals surface area contributed by atoms with Gasteiger partial charge in [-0.2, -0.15) is 5.10 Å². The van der Waals surface area contributed by atoms with Crippen molar-refractivity contribution < 1.29 is 22.3 Å². The van der Waals surface area contributed by atoms with Gasteiger partial charge in [0.2, 0.25) is 0 Å². The van der Waals surface area contributed by atoms with Gasteiger partial charge in [0.15, 0.2) is 0 Å². The smallest absolute Gasteiger partial charge is 0.406 e. The van der Waals surface area contributed by atoms with Crippen LogP contribution in [0.5, 0.6) is 5.75 Å². The molecule has 150 valence electrons. The van der Waals surface area contributed by atoms with Gasteiger partial charge in [-0.05, 0) is 24.3 Å². The van der Waals surface area contributed by atoms with Crippen LogP contribution < -0.4 is 10.3 Å². The van der Waals surface area contributed by atoms with Crippen LogP contribution in [0.2, 0.25) is 0 Å². The highest BCUT2D eigenvalue weighted by atomic mass is 19.4. The molecule has 0 aliphatic rings. The third-order valence-electron chi connectivity index (χ3n) is 4.26.